The summed E-state index contributed by atoms with van der Waals surface area (Å²) in [6, 6.07) is 0. The van der Waals surface area contributed by atoms with E-state index in [1.165, 1.54) is 0 Å². The predicted molar refractivity (Wildman–Crippen MR) is 35.5 cm³/mol. The second kappa shape index (κ2) is 3.88. The van der Waals surface area contributed by atoms with Gasteiger partial charge in [-0.05, 0) is 12.8 Å². The van der Waals surface area contributed by atoms with Crippen molar-refractivity contribution in [3.8, 4) is 0 Å². The number of hydrogen-bond donors (Lipinski definition) is 1. The van der Waals surface area contributed by atoms with E-state index in [-0.39, 0.29) is 18.7 Å². The molecule has 1 N–H and O–H groups in total. The smallest absolute Gasteiger partial charge is 0.0898 e. The van der Waals surface area contributed by atoms with Gasteiger partial charge in [0.1, 0.15) is 0 Å². The number of hydrogen-bond acceptors (Lipinski definition) is 2. The molecule has 3 heteroatoms. The first-order valence-electron chi connectivity index (χ1n) is 3.66. The zero-order chi connectivity index (χ0) is 7.40. The molecule has 0 amide bonds. The van der Waals surface area contributed by atoms with Crippen LogP contribution in [-0.2, 0) is 4.74 Å². The summed E-state index contributed by atoms with van der Waals surface area (Å²) < 4.78 is 16.9. The summed E-state index contributed by atoms with van der Waals surface area (Å²) in [5.74, 6) is 0.0266. The molecule has 0 aromatic rings. The molecule has 10 heavy (non-hydrogen) atoms. The normalized spacial score (nSPS) is 34.2. The van der Waals surface area contributed by atoms with Crippen molar-refractivity contribution < 1.29 is 14.2 Å². The van der Waals surface area contributed by atoms with Crippen LogP contribution in [0, 0.1) is 5.92 Å². The molecular formula is C7H13FO2. The minimum Gasteiger partial charge on any atom is -0.393 e. The number of halogens is 1. The molecule has 1 rings (SSSR count). The third-order valence-corrected chi connectivity index (χ3v) is 1.91. The Hall–Kier alpha value is -0.150. The van der Waals surface area contributed by atoms with Gasteiger partial charge in [0.15, 0.2) is 0 Å². The maximum absolute atomic E-state index is 11.8. The van der Waals surface area contributed by atoms with Crippen LogP contribution >= 0.6 is 0 Å². The van der Waals surface area contributed by atoms with Gasteiger partial charge in [0, 0.05) is 12.5 Å². The van der Waals surface area contributed by atoms with Gasteiger partial charge in [0.2, 0.25) is 0 Å². The van der Waals surface area contributed by atoms with Crippen molar-refractivity contribution in [3.63, 3.8) is 0 Å². The maximum atomic E-state index is 11.8. The zero-order valence-electron chi connectivity index (χ0n) is 5.92. The summed E-state index contributed by atoms with van der Waals surface area (Å²) in [4.78, 5) is 0. The Morgan fingerprint density at radius 1 is 1.60 bits per heavy atom. The van der Waals surface area contributed by atoms with Crippen molar-refractivity contribution >= 4 is 0 Å². The molecule has 0 radical (unpaired) electrons. The first kappa shape index (κ1) is 7.95. The number of rotatable bonds is 2. The van der Waals surface area contributed by atoms with E-state index in [9.17, 15) is 9.50 Å². The quantitative estimate of drug-likeness (QED) is 0.626. The summed E-state index contributed by atoms with van der Waals surface area (Å²) in [6.45, 7) is 0.778. The van der Waals surface area contributed by atoms with E-state index >= 15 is 0 Å². The maximum Gasteiger partial charge on any atom is 0.0898 e. The van der Waals surface area contributed by atoms with Gasteiger partial charge >= 0.3 is 0 Å². The molecule has 2 nitrogen and oxygen atoms in total. The van der Waals surface area contributed by atoms with Gasteiger partial charge in [-0.1, -0.05) is 0 Å². The first-order valence-corrected chi connectivity index (χ1v) is 3.66. The van der Waals surface area contributed by atoms with Gasteiger partial charge in [0.05, 0.1) is 19.4 Å². The van der Waals surface area contributed by atoms with Crippen molar-refractivity contribution in [2.24, 2.45) is 5.92 Å². The summed E-state index contributed by atoms with van der Waals surface area (Å²) in [5.41, 5.74) is 0. The van der Waals surface area contributed by atoms with Gasteiger partial charge in [-0.15, -0.1) is 0 Å². The van der Waals surface area contributed by atoms with Crippen molar-refractivity contribution in [2.75, 3.05) is 19.9 Å². The molecule has 60 valence electrons. The molecule has 2 atom stereocenters. The van der Waals surface area contributed by atoms with Crippen LogP contribution in [0.15, 0.2) is 0 Å². The Bertz CT molecular complexity index is 95.6. The van der Waals surface area contributed by atoms with Crippen LogP contribution in [0.1, 0.15) is 12.8 Å². The fourth-order valence-electron chi connectivity index (χ4n) is 1.20. The first-order chi connectivity index (χ1) is 4.84. The lowest BCUT2D eigenvalue weighted by atomic mass is 9.96. The predicted octanol–water partition coefficient (Wildman–Crippen LogP) is 0.743. The van der Waals surface area contributed by atoms with Crippen molar-refractivity contribution in [3.05, 3.63) is 0 Å². The third-order valence-electron chi connectivity index (χ3n) is 1.91. The standard InChI is InChI=1S/C7H13FO2/c8-3-1-6-5-10-4-2-7(6)9/h6-7,9H,1-5H2. The number of alkyl halides is 1. The number of aliphatic hydroxyl groups excluding tert-OH is 1. The topological polar surface area (TPSA) is 29.5 Å². The summed E-state index contributed by atoms with van der Waals surface area (Å²) >= 11 is 0. The van der Waals surface area contributed by atoms with Gasteiger partial charge in [0.25, 0.3) is 0 Å². The lowest BCUT2D eigenvalue weighted by Crippen LogP contribution is -2.31. The van der Waals surface area contributed by atoms with E-state index in [0.29, 0.717) is 26.1 Å². The van der Waals surface area contributed by atoms with Crippen molar-refractivity contribution in [2.45, 2.75) is 18.9 Å². The zero-order valence-corrected chi connectivity index (χ0v) is 5.92. The number of ether oxygens (including phenoxy) is 1. The Balaban J connectivity index is 2.25. The highest BCUT2D eigenvalue weighted by Crippen LogP contribution is 2.17. The molecule has 0 aromatic heterocycles. The average molecular weight is 148 g/mol. The molecule has 1 saturated heterocycles. The third kappa shape index (κ3) is 1.92. The van der Waals surface area contributed by atoms with E-state index in [2.05, 4.69) is 0 Å². The van der Waals surface area contributed by atoms with Gasteiger partial charge in [-0.25, -0.2) is 0 Å². The summed E-state index contributed by atoms with van der Waals surface area (Å²) in [5, 5.41) is 9.25. The highest BCUT2D eigenvalue weighted by molar-refractivity contribution is 4.71. The highest BCUT2D eigenvalue weighted by Gasteiger charge is 2.22. The molecule has 0 spiro atoms. The Labute approximate surface area is 60.0 Å². The minimum atomic E-state index is -0.356. The second-order valence-corrected chi connectivity index (χ2v) is 2.67. The lowest BCUT2D eigenvalue weighted by molar-refractivity contribution is -0.0399. The van der Waals surface area contributed by atoms with E-state index < -0.39 is 0 Å². The van der Waals surface area contributed by atoms with Crippen molar-refractivity contribution in [1.29, 1.82) is 0 Å². The van der Waals surface area contributed by atoms with Crippen LogP contribution in [0.5, 0.6) is 0 Å². The van der Waals surface area contributed by atoms with Crippen molar-refractivity contribution in [1.82, 2.24) is 0 Å². The van der Waals surface area contributed by atoms with Crippen LogP contribution in [0.25, 0.3) is 0 Å². The summed E-state index contributed by atoms with van der Waals surface area (Å²) in [6.07, 6.45) is 0.746. The fraction of sp³-hybridized carbons (Fsp3) is 1.00. The van der Waals surface area contributed by atoms with E-state index in [1.807, 2.05) is 0 Å². The fourth-order valence-corrected chi connectivity index (χ4v) is 1.20. The Morgan fingerprint density at radius 3 is 3.00 bits per heavy atom. The Morgan fingerprint density at radius 2 is 2.40 bits per heavy atom. The average Bonchev–Trinajstić information content (AvgIpc) is 1.94. The monoisotopic (exact) mass is 148 g/mol. The van der Waals surface area contributed by atoms with Gasteiger partial charge in [-0.3, -0.25) is 4.39 Å². The van der Waals surface area contributed by atoms with Crippen LogP contribution in [0.2, 0.25) is 0 Å². The molecule has 1 heterocycles. The molecule has 1 aliphatic rings. The van der Waals surface area contributed by atoms with Crippen LogP contribution < -0.4 is 0 Å². The Kier molecular flexibility index (Phi) is 3.09. The largest absolute Gasteiger partial charge is 0.393 e. The SMILES string of the molecule is OC1CCOCC1CCF. The molecule has 0 saturated carbocycles. The second-order valence-electron chi connectivity index (χ2n) is 2.67. The highest BCUT2D eigenvalue weighted by atomic mass is 19.1. The van der Waals surface area contributed by atoms with E-state index in [0.717, 1.165) is 0 Å². The summed E-state index contributed by atoms with van der Waals surface area (Å²) in [7, 11) is 0. The van der Waals surface area contributed by atoms with Crippen LogP contribution in [0.4, 0.5) is 4.39 Å². The van der Waals surface area contributed by atoms with Gasteiger partial charge in [-0.2, -0.15) is 0 Å². The number of aliphatic hydroxyl groups is 1. The molecule has 0 aliphatic carbocycles. The van der Waals surface area contributed by atoms with E-state index in [1.54, 1.807) is 0 Å². The molecule has 0 aromatic carbocycles. The van der Waals surface area contributed by atoms with E-state index in [4.69, 9.17) is 4.74 Å². The molecule has 1 aliphatic heterocycles. The molecule has 2 unspecified atom stereocenters. The van der Waals surface area contributed by atoms with Gasteiger partial charge < -0.3 is 9.84 Å². The molecule has 0 bridgehead atoms. The van der Waals surface area contributed by atoms with Crippen LogP contribution in [0.3, 0.4) is 0 Å². The molecule has 1 fully saturated rings. The molecular weight excluding hydrogens is 135 g/mol. The lowest BCUT2D eigenvalue weighted by Gasteiger charge is -2.26. The minimum absolute atomic E-state index is 0.0266. The van der Waals surface area contributed by atoms with Crippen LogP contribution in [-0.4, -0.2) is 31.1 Å².